The number of phenols is 1. The summed E-state index contributed by atoms with van der Waals surface area (Å²) in [6.45, 7) is 0. The van der Waals surface area contributed by atoms with Crippen molar-refractivity contribution < 1.29 is 14.8 Å². The number of carbonyl (C=O) groups is 1. The van der Waals surface area contributed by atoms with Crippen LogP contribution in [0.25, 0.3) is 6.08 Å². The molecular formula is C9H5Cl2NO4. The van der Waals surface area contributed by atoms with Crippen LogP contribution in [0.5, 0.6) is 5.75 Å². The molecule has 0 bridgehead atoms. The Morgan fingerprint density at radius 2 is 2.12 bits per heavy atom. The molecule has 0 aromatic heterocycles. The summed E-state index contributed by atoms with van der Waals surface area (Å²) in [4.78, 5) is 20.3. The van der Waals surface area contributed by atoms with E-state index >= 15 is 0 Å². The summed E-state index contributed by atoms with van der Waals surface area (Å²) in [5, 5.41) is 18.5. The van der Waals surface area contributed by atoms with E-state index in [1.165, 1.54) is 12.1 Å². The Morgan fingerprint density at radius 3 is 2.62 bits per heavy atom. The molecule has 0 saturated carbocycles. The molecule has 5 nitrogen and oxygen atoms in total. The van der Waals surface area contributed by atoms with Gasteiger partial charge in [0.05, 0.1) is 15.5 Å². The number of rotatable bonds is 3. The average Bonchev–Trinajstić information content (AvgIpc) is 2.19. The van der Waals surface area contributed by atoms with Crippen molar-refractivity contribution in [2.24, 2.45) is 0 Å². The van der Waals surface area contributed by atoms with E-state index in [0.29, 0.717) is 11.8 Å². The molecule has 0 unspecified atom stereocenters. The Bertz CT molecular complexity index is 485. The molecule has 1 rings (SSSR count). The van der Waals surface area contributed by atoms with Crippen LogP contribution in [-0.4, -0.2) is 15.3 Å². The van der Waals surface area contributed by atoms with E-state index in [2.05, 4.69) is 0 Å². The number of benzene rings is 1. The minimum Gasteiger partial charge on any atom is -0.506 e. The average molecular weight is 262 g/mol. The zero-order valence-corrected chi connectivity index (χ0v) is 9.20. The van der Waals surface area contributed by atoms with Crippen molar-refractivity contribution in [2.45, 2.75) is 0 Å². The van der Waals surface area contributed by atoms with Crippen molar-refractivity contribution in [3.8, 4) is 5.75 Å². The highest BCUT2D eigenvalue weighted by Crippen LogP contribution is 2.30. The van der Waals surface area contributed by atoms with Gasteiger partial charge in [0.1, 0.15) is 5.75 Å². The van der Waals surface area contributed by atoms with Gasteiger partial charge in [0.2, 0.25) is 6.20 Å². The van der Waals surface area contributed by atoms with Gasteiger partial charge in [-0.05, 0) is 29.3 Å². The van der Waals surface area contributed by atoms with Crippen molar-refractivity contribution in [3.63, 3.8) is 0 Å². The van der Waals surface area contributed by atoms with Crippen LogP contribution in [0.2, 0.25) is 5.02 Å². The summed E-state index contributed by atoms with van der Waals surface area (Å²) < 4.78 is 0. The van der Waals surface area contributed by atoms with Crippen molar-refractivity contribution in [3.05, 3.63) is 44.6 Å². The molecule has 0 fully saturated rings. The quantitative estimate of drug-likeness (QED) is 0.515. The predicted molar refractivity (Wildman–Crippen MR) is 59.3 cm³/mol. The van der Waals surface area contributed by atoms with Gasteiger partial charge in [-0.25, -0.2) is 0 Å². The first-order valence-electron chi connectivity index (χ1n) is 3.96. The van der Waals surface area contributed by atoms with Gasteiger partial charge in [0.15, 0.2) is 0 Å². The zero-order chi connectivity index (χ0) is 12.3. The van der Waals surface area contributed by atoms with Crippen molar-refractivity contribution in [2.75, 3.05) is 0 Å². The molecule has 0 saturated heterocycles. The summed E-state index contributed by atoms with van der Waals surface area (Å²) in [6.07, 6.45) is 1.82. The minimum atomic E-state index is -0.893. The summed E-state index contributed by atoms with van der Waals surface area (Å²) >= 11 is 10.8. The highest BCUT2D eigenvalue weighted by molar-refractivity contribution is 6.68. The Hall–Kier alpha value is -1.59. The number of carbonyl (C=O) groups excluding carboxylic acids is 1. The smallest absolute Gasteiger partial charge is 0.256 e. The molecule has 7 heteroatoms. The monoisotopic (exact) mass is 261 g/mol. The summed E-state index contributed by atoms with van der Waals surface area (Å²) in [6, 6.07) is 2.48. The first kappa shape index (κ1) is 12.5. The third-order valence-corrected chi connectivity index (χ3v) is 2.18. The number of halogens is 2. The van der Waals surface area contributed by atoms with Crippen molar-refractivity contribution in [1.29, 1.82) is 0 Å². The van der Waals surface area contributed by atoms with Gasteiger partial charge in [0.25, 0.3) is 5.24 Å². The van der Waals surface area contributed by atoms with Crippen LogP contribution in [0.3, 0.4) is 0 Å². The number of hydrogen-bond acceptors (Lipinski definition) is 4. The molecule has 16 heavy (non-hydrogen) atoms. The van der Waals surface area contributed by atoms with Gasteiger partial charge in [-0.15, -0.1) is 0 Å². The van der Waals surface area contributed by atoms with Gasteiger partial charge >= 0.3 is 0 Å². The van der Waals surface area contributed by atoms with E-state index in [1.54, 1.807) is 0 Å². The van der Waals surface area contributed by atoms with Gasteiger partial charge in [0, 0.05) is 6.08 Å². The molecule has 0 radical (unpaired) electrons. The van der Waals surface area contributed by atoms with Crippen molar-refractivity contribution in [1.82, 2.24) is 0 Å². The predicted octanol–water partition coefficient (Wildman–Crippen LogP) is 2.67. The lowest BCUT2D eigenvalue weighted by atomic mass is 10.1. The van der Waals surface area contributed by atoms with E-state index in [-0.39, 0.29) is 10.6 Å². The number of aromatic hydroxyl groups is 1. The third kappa shape index (κ3) is 2.95. The normalized spacial score (nSPS) is 10.6. The Kier molecular flexibility index (Phi) is 3.87. The molecule has 84 valence electrons. The van der Waals surface area contributed by atoms with E-state index in [1.807, 2.05) is 0 Å². The second-order valence-electron chi connectivity index (χ2n) is 2.77. The van der Waals surface area contributed by atoms with Gasteiger partial charge < -0.3 is 5.11 Å². The summed E-state index contributed by atoms with van der Waals surface area (Å²) in [5.74, 6) is -0.445. The largest absolute Gasteiger partial charge is 0.506 e. The summed E-state index contributed by atoms with van der Waals surface area (Å²) in [7, 11) is 0. The molecule has 1 aromatic carbocycles. The maximum Gasteiger partial charge on any atom is 0.256 e. The molecule has 0 spiro atoms. The third-order valence-electron chi connectivity index (χ3n) is 1.69. The fraction of sp³-hybridized carbons (Fsp3) is 0. The highest BCUT2D eigenvalue weighted by Gasteiger charge is 2.13. The number of nitrogens with zero attached hydrogens (tertiary/aromatic N) is 1. The SMILES string of the molecule is O=C(Cl)c1cc(C=C[N+](=O)[O-])cc(Cl)c1O. The molecule has 1 aromatic rings. The van der Waals surface area contributed by atoms with Crippen LogP contribution in [0.15, 0.2) is 18.3 Å². The lowest BCUT2D eigenvalue weighted by Crippen LogP contribution is -1.92. The number of phenolic OH excluding ortho intramolecular Hbond substituents is 1. The Labute approximate surface area is 100 Å². The second-order valence-corrected chi connectivity index (χ2v) is 3.52. The van der Waals surface area contributed by atoms with Crippen LogP contribution in [0.4, 0.5) is 0 Å². The van der Waals surface area contributed by atoms with Crippen molar-refractivity contribution >= 4 is 34.5 Å². The van der Waals surface area contributed by atoms with E-state index < -0.39 is 15.9 Å². The van der Waals surface area contributed by atoms with Crippen LogP contribution >= 0.6 is 23.2 Å². The molecule has 0 heterocycles. The molecule has 0 aliphatic carbocycles. The number of nitro groups is 1. The fourth-order valence-corrected chi connectivity index (χ4v) is 1.38. The summed E-state index contributed by atoms with van der Waals surface area (Å²) in [5.41, 5.74) is 0.0978. The molecule has 0 aliphatic heterocycles. The van der Waals surface area contributed by atoms with Gasteiger partial charge in [-0.3, -0.25) is 14.9 Å². The van der Waals surface area contributed by atoms with Gasteiger partial charge in [-0.1, -0.05) is 11.6 Å². The van der Waals surface area contributed by atoms with Crippen LogP contribution in [-0.2, 0) is 0 Å². The molecular weight excluding hydrogens is 257 g/mol. The van der Waals surface area contributed by atoms with Crippen LogP contribution < -0.4 is 0 Å². The lowest BCUT2D eigenvalue weighted by molar-refractivity contribution is -0.400. The molecule has 0 atom stereocenters. The first-order chi connectivity index (χ1) is 7.41. The van der Waals surface area contributed by atoms with Gasteiger partial charge in [-0.2, -0.15) is 0 Å². The molecule has 1 N–H and O–H groups in total. The second kappa shape index (κ2) is 4.96. The minimum absolute atomic E-state index is 0.102. The number of hydrogen-bond donors (Lipinski definition) is 1. The van der Waals surface area contributed by atoms with E-state index in [9.17, 15) is 20.0 Å². The maximum absolute atomic E-state index is 10.9. The van der Waals surface area contributed by atoms with Crippen LogP contribution in [0, 0.1) is 10.1 Å². The molecule has 0 amide bonds. The fourth-order valence-electron chi connectivity index (χ4n) is 1.01. The van der Waals surface area contributed by atoms with E-state index in [0.717, 1.165) is 6.08 Å². The standard InChI is InChI=1S/C9H5Cl2NO4/c10-7-4-5(1-2-12(15)16)3-6(8(7)13)9(11)14/h1-4,13H. The lowest BCUT2D eigenvalue weighted by Gasteiger charge is -2.03. The first-order valence-corrected chi connectivity index (χ1v) is 4.71. The van der Waals surface area contributed by atoms with Crippen LogP contribution in [0.1, 0.15) is 15.9 Å². The Balaban J connectivity index is 3.24. The topological polar surface area (TPSA) is 80.4 Å². The van der Waals surface area contributed by atoms with E-state index in [4.69, 9.17) is 23.2 Å². The highest BCUT2D eigenvalue weighted by atomic mass is 35.5. The zero-order valence-electron chi connectivity index (χ0n) is 7.68. The Morgan fingerprint density at radius 1 is 1.50 bits per heavy atom. The molecule has 0 aliphatic rings. The maximum atomic E-state index is 10.9.